The summed E-state index contributed by atoms with van der Waals surface area (Å²) in [6.45, 7) is 0.831. The van der Waals surface area contributed by atoms with Gasteiger partial charge in [0.2, 0.25) is 21.8 Å². The number of nitrogen functional groups attached to an aromatic ring is 1. The van der Waals surface area contributed by atoms with Crippen molar-refractivity contribution in [3.8, 4) is 0 Å². The van der Waals surface area contributed by atoms with Gasteiger partial charge in [-0.3, -0.25) is 9.59 Å². The number of amides is 2. The Balaban J connectivity index is 3.47. The fourth-order valence-electron chi connectivity index (χ4n) is 1.92. The number of hydrogen-bond acceptors (Lipinski definition) is 6. The van der Waals surface area contributed by atoms with Gasteiger partial charge >= 0.3 is 0 Å². The molecule has 0 aliphatic heterocycles. The molecule has 2 amide bonds. The Bertz CT molecular complexity index is 670. The second kappa shape index (κ2) is 5.97. The molecule has 21 heavy (non-hydrogen) atoms. The summed E-state index contributed by atoms with van der Waals surface area (Å²) in [5.74, 6) is -1.43. The van der Waals surface area contributed by atoms with Gasteiger partial charge in [0.25, 0.3) is 0 Å². The van der Waals surface area contributed by atoms with E-state index in [1.165, 1.54) is 24.0 Å². The van der Waals surface area contributed by atoms with Gasteiger partial charge in [0.15, 0.2) is 0 Å². The van der Waals surface area contributed by atoms with Crippen LogP contribution in [0.15, 0.2) is 17.0 Å². The number of sulfonamides is 1. The van der Waals surface area contributed by atoms with Gasteiger partial charge in [-0.1, -0.05) is 0 Å². The number of primary sulfonamides is 1. The summed E-state index contributed by atoms with van der Waals surface area (Å²) < 4.78 is 23.1. The van der Waals surface area contributed by atoms with E-state index in [-0.39, 0.29) is 34.9 Å². The predicted molar refractivity (Wildman–Crippen MR) is 77.6 cm³/mol. The first-order valence-electron chi connectivity index (χ1n) is 5.77. The maximum Gasteiger partial charge on any atom is 0.238 e. The molecule has 0 aromatic heterocycles. The SMILES string of the molecule is Cc1c(N(CC(N)=O)CC(N)=O)cc(N)cc1S(N)(=O)=O. The van der Waals surface area contributed by atoms with Crippen molar-refractivity contribution < 1.29 is 18.0 Å². The van der Waals surface area contributed by atoms with Crippen LogP contribution in [-0.4, -0.2) is 33.3 Å². The topological polar surface area (TPSA) is 176 Å². The number of primary amides is 2. The van der Waals surface area contributed by atoms with E-state index in [1.807, 2.05) is 0 Å². The average molecular weight is 315 g/mol. The minimum absolute atomic E-state index is 0.110. The van der Waals surface area contributed by atoms with Gasteiger partial charge in [0.1, 0.15) is 0 Å². The van der Waals surface area contributed by atoms with Crippen molar-refractivity contribution in [2.24, 2.45) is 16.6 Å². The molecule has 0 saturated heterocycles. The fraction of sp³-hybridized carbons (Fsp3) is 0.273. The quantitative estimate of drug-likeness (QED) is 0.441. The van der Waals surface area contributed by atoms with Crippen LogP contribution in [0.25, 0.3) is 0 Å². The van der Waals surface area contributed by atoms with Crippen LogP contribution in [0.3, 0.4) is 0 Å². The number of anilines is 2. The molecular weight excluding hydrogens is 298 g/mol. The first-order valence-corrected chi connectivity index (χ1v) is 7.31. The van der Waals surface area contributed by atoms with Crippen molar-refractivity contribution in [2.75, 3.05) is 23.7 Å². The molecule has 0 heterocycles. The Morgan fingerprint density at radius 2 is 1.62 bits per heavy atom. The van der Waals surface area contributed by atoms with E-state index in [1.54, 1.807) is 0 Å². The van der Waals surface area contributed by atoms with Crippen molar-refractivity contribution in [2.45, 2.75) is 11.8 Å². The van der Waals surface area contributed by atoms with Gasteiger partial charge in [-0.15, -0.1) is 0 Å². The lowest BCUT2D eigenvalue weighted by Gasteiger charge is -2.25. The Morgan fingerprint density at radius 3 is 2.00 bits per heavy atom. The van der Waals surface area contributed by atoms with Crippen LogP contribution in [-0.2, 0) is 19.6 Å². The van der Waals surface area contributed by atoms with Crippen molar-refractivity contribution >= 4 is 33.2 Å². The monoisotopic (exact) mass is 315 g/mol. The highest BCUT2D eigenvalue weighted by molar-refractivity contribution is 7.89. The maximum atomic E-state index is 11.5. The lowest BCUT2D eigenvalue weighted by atomic mass is 10.1. The van der Waals surface area contributed by atoms with Crippen LogP contribution in [0.5, 0.6) is 0 Å². The number of rotatable bonds is 6. The zero-order valence-electron chi connectivity index (χ0n) is 11.4. The summed E-state index contributed by atoms with van der Waals surface area (Å²) in [6, 6.07) is 2.61. The molecule has 0 aliphatic rings. The normalized spacial score (nSPS) is 11.1. The van der Waals surface area contributed by atoms with Crippen molar-refractivity contribution in [1.29, 1.82) is 0 Å². The van der Waals surface area contributed by atoms with E-state index in [0.29, 0.717) is 0 Å². The molecular formula is C11H17N5O4S. The summed E-state index contributed by atoms with van der Waals surface area (Å²) >= 11 is 0. The Labute approximate surface area is 121 Å². The summed E-state index contributed by atoms with van der Waals surface area (Å²) in [4.78, 5) is 23.2. The number of nitrogens with two attached hydrogens (primary N) is 4. The third-order valence-electron chi connectivity index (χ3n) is 2.70. The van der Waals surface area contributed by atoms with Crippen LogP contribution in [0.4, 0.5) is 11.4 Å². The molecule has 1 aromatic carbocycles. The Morgan fingerprint density at radius 1 is 1.14 bits per heavy atom. The second-order valence-electron chi connectivity index (χ2n) is 4.50. The van der Waals surface area contributed by atoms with Crippen molar-refractivity contribution in [3.63, 3.8) is 0 Å². The van der Waals surface area contributed by atoms with Crippen LogP contribution in [0.1, 0.15) is 5.56 Å². The summed E-state index contributed by atoms with van der Waals surface area (Å²) in [5, 5.41) is 5.11. The number of carbonyl (C=O) groups excluding carboxylic acids is 2. The molecule has 1 rings (SSSR count). The highest BCUT2D eigenvalue weighted by Gasteiger charge is 2.21. The van der Waals surface area contributed by atoms with Crippen molar-refractivity contribution in [3.05, 3.63) is 17.7 Å². The summed E-state index contributed by atoms with van der Waals surface area (Å²) in [7, 11) is -4.01. The number of carbonyl (C=O) groups is 2. The van der Waals surface area contributed by atoms with E-state index in [2.05, 4.69) is 0 Å². The van der Waals surface area contributed by atoms with Crippen molar-refractivity contribution in [1.82, 2.24) is 0 Å². The largest absolute Gasteiger partial charge is 0.399 e. The maximum absolute atomic E-state index is 11.5. The molecule has 0 aliphatic carbocycles. The van der Waals surface area contributed by atoms with Gasteiger partial charge in [-0.25, -0.2) is 13.6 Å². The molecule has 0 unspecified atom stereocenters. The summed E-state index contributed by atoms with van der Waals surface area (Å²) in [5.41, 5.74) is 16.5. The Kier molecular flexibility index (Phi) is 4.76. The molecule has 116 valence electrons. The molecule has 0 atom stereocenters. The lowest BCUT2D eigenvalue weighted by Crippen LogP contribution is -2.40. The third-order valence-corrected chi connectivity index (χ3v) is 3.73. The standard InChI is InChI=1S/C11H17N5O4S/c1-6-8(16(4-10(13)17)5-11(14)18)2-7(12)3-9(6)21(15,19)20/h2-3H,4-5,12H2,1H3,(H2,13,17)(H2,14,18)(H2,15,19,20). The number of benzene rings is 1. The van der Waals surface area contributed by atoms with E-state index < -0.39 is 21.8 Å². The van der Waals surface area contributed by atoms with Gasteiger partial charge in [0, 0.05) is 11.4 Å². The fourth-order valence-corrected chi connectivity index (χ4v) is 2.75. The average Bonchev–Trinajstić information content (AvgIpc) is 2.28. The lowest BCUT2D eigenvalue weighted by molar-refractivity contribution is -0.117. The molecule has 0 saturated carbocycles. The molecule has 8 N–H and O–H groups in total. The molecule has 10 heteroatoms. The van der Waals surface area contributed by atoms with E-state index in [9.17, 15) is 18.0 Å². The highest BCUT2D eigenvalue weighted by atomic mass is 32.2. The van der Waals surface area contributed by atoms with Crippen LogP contribution in [0, 0.1) is 6.92 Å². The molecule has 0 spiro atoms. The predicted octanol–water partition coefficient (Wildman–Crippen LogP) is -2.00. The molecule has 0 radical (unpaired) electrons. The first kappa shape index (κ1) is 16.7. The zero-order valence-corrected chi connectivity index (χ0v) is 12.2. The second-order valence-corrected chi connectivity index (χ2v) is 6.03. The summed E-state index contributed by atoms with van der Waals surface area (Å²) in [6.07, 6.45) is 0. The molecule has 1 aromatic rings. The van der Waals surface area contributed by atoms with Crippen LogP contribution in [0.2, 0.25) is 0 Å². The van der Waals surface area contributed by atoms with Gasteiger partial charge in [-0.2, -0.15) is 0 Å². The molecule has 0 bridgehead atoms. The van der Waals surface area contributed by atoms with Gasteiger partial charge in [0.05, 0.1) is 18.0 Å². The number of hydrogen-bond donors (Lipinski definition) is 4. The van der Waals surface area contributed by atoms with Crippen LogP contribution >= 0.6 is 0 Å². The minimum Gasteiger partial charge on any atom is -0.399 e. The zero-order chi connectivity index (χ0) is 16.4. The molecule has 0 fully saturated rings. The molecule has 9 nitrogen and oxygen atoms in total. The van der Waals surface area contributed by atoms with E-state index in [0.717, 1.165) is 0 Å². The third kappa shape index (κ3) is 4.33. The van der Waals surface area contributed by atoms with E-state index >= 15 is 0 Å². The van der Waals surface area contributed by atoms with Crippen LogP contribution < -0.4 is 27.2 Å². The van der Waals surface area contributed by atoms with Gasteiger partial charge in [-0.05, 0) is 24.6 Å². The highest BCUT2D eigenvalue weighted by Crippen LogP contribution is 2.28. The minimum atomic E-state index is -4.01. The first-order chi connectivity index (χ1) is 9.52. The van der Waals surface area contributed by atoms with E-state index in [4.69, 9.17) is 22.3 Å². The van der Waals surface area contributed by atoms with Gasteiger partial charge < -0.3 is 22.1 Å². The smallest absolute Gasteiger partial charge is 0.238 e. The Hall–Kier alpha value is -2.33. The number of nitrogens with zero attached hydrogens (tertiary/aromatic N) is 1.